The van der Waals surface area contributed by atoms with Crippen LogP contribution in [-0.2, 0) is 12.8 Å². The molecule has 1 aromatic carbocycles. The van der Waals surface area contributed by atoms with E-state index in [0.717, 1.165) is 29.9 Å². The summed E-state index contributed by atoms with van der Waals surface area (Å²) in [6, 6.07) is 6.10. The fourth-order valence-corrected chi connectivity index (χ4v) is 1.39. The van der Waals surface area contributed by atoms with Crippen LogP contribution in [0.25, 0.3) is 0 Å². The number of tetrazole rings is 1. The van der Waals surface area contributed by atoms with Crippen molar-refractivity contribution >= 4 is 5.69 Å². The number of anilines is 1. The summed E-state index contributed by atoms with van der Waals surface area (Å²) in [5.74, 6) is 0.731. The van der Waals surface area contributed by atoms with Gasteiger partial charge in [-0.15, -0.1) is 10.2 Å². The summed E-state index contributed by atoms with van der Waals surface area (Å²) in [4.78, 5) is 0. The first-order valence-corrected chi connectivity index (χ1v) is 4.83. The molecule has 3 N–H and O–H groups in total. The Morgan fingerprint density at radius 1 is 1.33 bits per heavy atom. The summed E-state index contributed by atoms with van der Waals surface area (Å²) in [5, 5.41) is 13.7. The lowest BCUT2D eigenvalue weighted by Crippen LogP contribution is -1.96. The van der Waals surface area contributed by atoms with E-state index in [1.165, 1.54) is 5.56 Å². The maximum Gasteiger partial charge on any atom is 0.174 e. The Kier molecular flexibility index (Phi) is 2.62. The first-order valence-electron chi connectivity index (χ1n) is 4.83. The van der Waals surface area contributed by atoms with E-state index >= 15 is 0 Å². The number of aromatic nitrogens is 4. The molecular formula is C10H13N5. The fourth-order valence-electron chi connectivity index (χ4n) is 1.39. The van der Waals surface area contributed by atoms with Crippen molar-refractivity contribution < 1.29 is 0 Å². The van der Waals surface area contributed by atoms with Crippen molar-refractivity contribution in [3.63, 3.8) is 0 Å². The van der Waals surface area contributed by atoms with Gasteiger partial charge in [0.2, 0.25) is 0 Å². The molecule has 5 heteroatoms. The number of nitrogens with one attached hydrogen (secondary N) is 1. The molecule has 0 saturated heterocycles. The van der Waals surface area contributed by atoms with Gasteiger partial charge in [-0.2, -0.15) is 5.21 Å². The smallest absolute Gasteiger partial charge is 0.174 e. The largest absolute Gasteiger partial charge is 0.399 e. The van der Waals surface area contributed by atoms with E-state index in [4.69, 9.17) is 5.73 Å². The number of aryl methyl sites for hydroxylation is 3. The van der Waals surface area contributed by atoms with Crippen molar-refractivity contribution in [2.24, 2.45) is 0 Å². The highest BCUT2D eigenvalue weighted by molar-refractivity contribution is 5.48. The third-order valence-electron chi connectivity index (χ3n) is 2.37. The van der Waals surface area contributed by atoms with Crippen molar-refractivity contribution in [2.45, 2.75) is 19.8 Å². The average molecular weight is 203 g/mol. The zero-order valence-corrected chi connectivity index (χ0v) is 8.57. The number of hydrogen-bond acceptors (Lipinski definition) is 4. The molecule has 0 saturated carbocycles. The van der Waals surface area contributed by atoms with Crippen LogP contribution in [0.2, 0.25) is 0 Å². The monoisotopic (exact) mass is 203 g/mol. The zero-order chi connectivity index (χ0) is 10.7. The highest BCUT2D eigenvalue weighted by atomic mass is 15.5. The molecule has 0 unspecified atom stereocenters. The summed E-state index contributed by atoms with van der Waals surface area (Å²) in [5.41, 5.74) is 8.96. The molecule has 2 aromatic rings. The van der Waals surface area contributed by atoms with Gasteiger partial charge in [-0.3, -0.25) is 0 Å². The van der Waals surface area contributed by atoms with Gasteiger partial charge in [0.1, 0.15) is 0 Å². The third kappa shape index (κ3) is 2.31. The minimum absolute atomic E-state index is 0.731. The van der Waals surface area contributed by atoms with Crippen molar-refractivity contribution in [1.82, 2.24) is 20.6 Å². The van der Waals surface area contributed by atoms with E-state index in [0.29, 0.717) is 0 Å². The predicted octanol–water partition coefficient (Wildman–Crippen LogP) is 0.876. The molecule has 0 fully saturated rings. The second-order valence-electron chi connectivity index (χ2n) is 3.52. The zero-order valence-electron chi connectivity index (χ0n) is 8.57. The van der Waals surface area contributed by atoms with E-state index in [1.807, 2.05) is 19.1 Å². The highest BCUT2D eigenvalue weighted by Gasteiger charge is 2.01. The maximum absolute atomic E-state index is 5.82. The lowest BCUT2D eigenvalue weighted by atomic mass is 10.1. The summed E-state index contributed by atoms with van der Waals surface area (Å²) < 4.78 is 0. The van der Waals surface area contributed by atoms with Crippen LogP contribution in [0.1, 0.15) is 17.0 Å². The average Bonchev–Trinajstić information content (AvgIpc) is 2.73. The minimum atomic E-state index is 0.731. The topological polar surface area (TPSA) is 80.5 Å². The van der Waals surface area contributed by atoms with Gasteiger partial charge < -0.3 is 5.73 Å². The van der Waals surface area contributed by atoms with Gasteiger partial charge >= 0.3 is 0 Å². The van der Waals surface area contributed by atoms with Crippen LogP contribution in [0.4, 0.5) is 5.69 Å². The highest BCUT2D eigenvalue weighted by Crippen LogP contribution is 2.13. The Balaban J connectivity index is 2.02. The van der Waals surface area contributed by atoms with Crippen LogP contribution in [0, 0.1) is 6.92 Å². The summed E-state index contributed by atoms with van der Waals surface area (Å²) >= 11 is 0. The number of nitrogens with two attached hydrogens (primary N) is 1. The van der Waals surface area contributed by atoms with Crippen LogP contribution < -0.4 is 5.73 Å². The maximum atomic E-state index is 5.82. The van der Waals surface area contributed by atoms with E-state index in [9.17, 15) is 0 Å². The molecule has 1 heterocycles. The molecule has 0 bridgehead atoms. The molecule has 0 aliphatic carbocycles. The quantitative estimate of drug-likeness (QED) is 0.725. The van der Waals surface area contributed by atoms with Crippen LogP contribution in [0.15, 0.2) is 18.2 Å². The molecule has 0 aliphatic heterocycles. The molecule has 78 valence electrons. The summed E-state index contributed by atoms with van der Waals surface area (Å²) in [6.45, 7) is 2.00. The SMILES string of the molecule is Cc1ccc(CCc2nn[nH]n2)cc1N. The van der Waals surface area contributed by atoms with Crippen LogP contribution in [-0.4, -0.2) is 20.6 Å². The molecule has 0 radical (unpaired) electrons. The molecule has 0 aliphatic rings. The van der Waals surface area contributed by atoms with Crippen LogP contribution in [0.3, 0.4) is 0 Å². The van der Waals surface area contributed by atoms with Crippen molar-refractivity contribution in [2.75, 3.05) is 5.73 Å². The van der Waals surface area contributed by atoms with Crippen molar-refractivity contribution in [3.8, 4) is 0 Å². The van der Waals surface area contributed by atoms with Gasteiger partial charge in [-0.05, 0) is 30.5 Å². The van der Waals surface area contributed by atoms with Gasteiger partial charge in [0.15, 0.2) is 5.82 Å². The van der Waals surface area contributed by atoms with Crippen molar-refractivity contribution in [3.05, 3.63) is 35.2 Å². The predicted molar refractivity (Wildman–Crippen MR) is 57.2 cm³/mol. The standard InChI is InChI=1S/C10H13N5/c1-7-2-3-8(6-9(7)11)4-5-10-12-14-15-13-10/h2-3,6H,4-5,11H2,1H3,(H,12,13,14,15). The lowest BCUT2D eigenvalue weighted by molar-refractivity contribution is 0.864. The summed E-state index contributed by atoms with van der Waals surface area (Å²) in [6.07, 6.45) is 1.66. The lowest BCUT2D eigenvalue weighted by Gasteiger charge is -2.03. The van der Waals surface area contributed by atoms with Crippen LogP contribution >= 0.6 is 0 Å². The van der Waals surface area contributed by atoms with Gasteiger partial charge in [0.05, 0.1) is 0 Å². The normalized spacial score (nSPS) is 10.5. The van der Waals surface area contributed by atoms with E-state index in [-0.39, 0.29) is 0 Å². The number of nitrogens with zero attached hydrogens (tertiary/aromatic N) is 3. The molecule has 0 atom stereocenters. The molecule has 0 amide bonds. The number of H-pyrrole nitrogens is 1. The van der Waals surface area contributed by atoms with E-state index in [2.05, 4.69) is 26.7 Å². The third-order valence-corrected chi connectivity index (χ3v) is 2.37. The number of nitrogen functional groups attached to an aromatic ring is 1. The van der Waals surface area contributed by atoms with Gasteiger partial charge in [0, 0.05) is 12.1 Å². The number of aromatic amines is 1. The molecular weight excluding hydrogens is 190 g/mol. The number of hydrogen-bond donors (Lipinski definition) is 2. The van der Waals surface area contributed by atoms with Gasteiger partial charge in [-0.1, -0.05) is 17.3 Å². The fraction of sp³-hybridized carbons (Fsp3) is 0.300. The Morgan fingerprint density at radius 2 is 2.20 bits per heavy atom. The molecule has 2 rings (SSSR count). The number of benzene rings is 1. The van der Waals surface area contributed by atoms with Gasteiger partial charge in [0.25, 0.3) is 0 Å². The minimum Gasteiger partial charge on any atom is -0.399 e. The van der Waals surface area contributed by atoms with E-state index in [1.54, 1.807) is 0 Å². The van der Waals surface area contributed by atoms with Crippen LogP contribution in [0.5, 0.6) is 0 Å². The molecule has 5 nitrogen and oxygen atoms in total. The first-order chi connectivity index (χ1) is 7.25. The first kappa shape index (κ1) is 9.64. The molecule has 1 aromatic heterocycles. The molecule has 15 heavy (non-hydrogen) atoms. The van der Waals surface area contributed by atoms with E-state index < -0.39 is 0 Å². The Hall–Kier alpha value is -1.91. The second kappa shape index (κ2) is 4.08. The van der Waals surface area contributed by atoms with Crippen molar-refractivity contribution in [1.29, 1.82) is 0 Å². The Morgan fingerprint density at radius 3 is 2.87 bits per heavy atom. The van der Waals surface area contributed by atoms with Gasteiger partial charge in [-0.25, -0.2) is 0 Å². The summed E-state index contributed by atoms with van der Waals surface area (Å²) in [7, 11) is 0. The Bertz CT molecular complexity index is 435. The number of rotatable bonds is 3. The molecule has 0 spiro atoms. The second-order valence-corrected chi connectivity index (χ2v) is 3.52. The Labute approximate surface area is 87.7 Å².